The number of carbonyl (C=O) groups excluding carboxylic acids is 2. The molecule has 0 fully saturated rings. The Morgan fingerprint density at radius 1 is 0.875 bits per heavy atom. The van der Waals surface area contributed by atoms with Crippen molar-refractivity contribution < 1.29 is 14.3 Å². The normalized spacial score (nSPS) is 12.7. The van der Waals surface area contributed by atoms with Crippen LogP contribution in [0.25, 0.3) is 10.9 Å². The molecule has 4 rings (SSSR count). The third-order valence-electron chi connectivity index (χ3n) is 5.29. The Hall–Kier alpha value is -4.13. The van der Waals surface area contributed by atoms with Crippen molar-refractivity contribution in [3.05, 3.63) is 95.7 Å². The van der Waals surface area contributed by atoms with Crippen LogP contribution in [0.3, 0.4) is 0 Å². The van der Waals surface area contributed by atoms with E-state index in [1.54, 1.807) is 14.0 Å². The van der Waals surface area contributed by atoms with Crippen molar-refractivity contribution in [2.45, 2.75) is 19.0 Å². The second-order valence-corrected chi connectivity index (χ2v) is 7.44. The van der Waals surface area contributed by atoms with E-state index in [-0.39, 0.29) is 17.6 Å². The van der Waals surface area contributed by atoms with Crippen LogP contribution >= 0.6 is 0 Å². The van der Waals surface area contributed by atoms with E-state index in [0.717, 1.165) is 22.4 Å². The fourth-order valence-corrected chi connectivity index (χ4v) is 3.54. The number of aromatic nitrogens is 2. The van der Waals surface area contributed by atoms with Crippen molar-refractivity contribution in [3.63, 3.8) is 0 Å². The highest BCUT2D eigenvalue weighted by Gasteiger charge is 2.23. The number of para-hydroxylation sites is 1. The van der Waals surface area contributed by atoms with Gasteiger partial charge in [0.05, 0.1) is 18.7 Å². The summed E-state index contributed by atoms with van der Waals surface area (Å²) < 4.78 is 5.24. The third-order valence-corrected chi connectivity index (χ3v) is 5.29. The molecule has 7 nitrogen and oxygen atoms in total. The summed E-state index contributed by atoms with van der Waals surface area (Å²) in [6.45, 7) is 1.65. The molecule has 2 atom stereocenters. The molecule has 0 radical (unpaired) electrons. The molecular formula is C25H24N4O3. The lowest BCUT2D eigenvalue weighted by molar-refractivity contribution is -0.123. The first-order chi connectivity index (χ1) is 15.6. The molecule has 0 aliphatic heterocycles. The molecular weight excluding hydrogens is 404 g/mol. The number of methoxy groups -OCH3 is 1. The fraction of sp³-hybridized carbons (Fsp3) is 0.160. The fourth-order valence-electron chi connectivity index (χ4n) is 3.54. The maximum Gasteiger partial charge on any atom is 0.273 e. The largest absolute Gasteiger partial charge is 0.497 e. The Bertz CT molecular complexity index is 1220. The van der Waals surface area contributed by atoms with Gasteiger partial charge in [-0.15, -0.1) is 0 Å². The van der Waals surface area contributed by atoms with E-state index < -0.39 is 11.9 Å². The molecule has 0 saturated heterocycles. The molecule has 3 N–H and O–H groups in total. The monoisotopic (exact) mass is 428 g/mol. The van der Waals surface area contributed by atoms with E-state index in [2.05, 4.69) is 20.8 Å². The maximum absolute atomic E-state index is 13.0. The Kier molecular flexibility index (Phi) is 6.17. The van der Waals surface area contributed by atoms with Crippen LogP contribution in [-0.2, 0) is 4.79 Å². The van der Waals surface area contributed by atoms with Gasteiger partial charge in [0, 0.05) is 5.39 Å². The van der Waals surface area contributed by atoms with Crippen LogP contribution in [0.4, 0.5) is 0 Å². The number of fused-ring (bicyclic) bond motifs is 1. The maximum atomic E-state index is 13.0. The summed E-state index contributed by atoms with van der Waals surface area (Å²) in [4.78, 5) is 25.8. The molecule has 2 unspecified atom stereocenters. The number of amides is 2. The number of rotatable bonds is 7. The topological polar surface area (TPSA) is 96.1 Å². The molecule has 1 heterocycles. The predicted molar refractivity (Wildman–Crippen MR) is 122 cm³/mol. The van der Waals surface area contributed by atoms with Crippen LogP contribution in [-0.4, -0.2) is 35.2 Å². The second kappa shape index (κ2) is 9.34. The van der Waals surface area contributed by atoms with Crippen molar-refractivity contribution in [1.82, 2.24) is 20.8 Å². The lowest BCUT2D eigenvalue weighted by atomic mass is 9.98. The van der Waals surface area contributed by atoms with Gasteiger partial charge in [-0.2, -0.15) is 5.10 Å². The van der Waals surface area contributed by atoms with Gasteiger partial charge in [0.25, 0.3) is 5.91 Å². The minimum absolute atomic E-state index is 0.259. The summed E-state index contributed by atoms with van der Waals surface area (Å²) in [7, 11) is 1.61. The third kappa shape index (κ3) is 4.46. The molecule has 3 aromatic carbocycles. The quantitative estimate of drug-likeness (QED) is 0.419. The van der Waals surface area contributed by atoms with Gasteiger partial charge in [-0.3, -0.25) is 14.7 Å². The summed E-state index contributed by atoms with van der Waals surface area (Å²) in [5, 5.41) is 13.4. The van der Waals surface area contributed by atoms with Gasteiger partial charge in [0.1, 0.15) is 11.8 Å². The number of benzene rings is 3. The molecule has 0 aliphatic carbocycles. The Balaban J connectivity index is 1.51. The number of hydrogen-bond acceptors (Lipinski definition) is 4. The van der Waals surface area contributed by atoms with Gasteiger partial charge in [-0.05, 0) is 36.2 Å². The summed E-state index contributed by atoms with van der Waals surface area (Å²) in [6.07, 6.45) is 0. The van der Waals surface area contributed by atoms with Gasteiger partial charge in [-0.25, -0.2) is 0 Å². The average molecular weight is 428 g/mol. The number of carbonyl (C=O) groups is 2. The predicted octanol–water partition coefficient (Wildman–Crippen LogP) is 3.60. The van der Waals surface area contributed by atoms with Crippen LogP contribution in [0.2, 0.25) is 0 Å². The zero-order chi connectivity index (χ0) is 22.5. The number of ether oxygens (including phenoxy) is 1. The van der Waals surface area contributed by atoms with Crippen molar-refractivity contribution in [2.75, 3.05) is 7.11 Å². The molecule has 1 aromatic heterocycles. The van der Waals surface area contributed by atoms with Gasteiger partial charge in [0.15, 0.2) is 5.69 Å². The number of nitrogens with zero attached hydrogens (tertiary/aromatic N) is 1. The molecule has 2 amide bonds. The molecule has 32 heavy (non-hydrogen) atoms. The first-order valence-electron chi connectivity index (χ1n) is 10.3. The van der Waals surface area contributed by atoms with E-state index in [4.69, 9.17) is 4.74 Å². The minimum Gasteiger partial charge on any atom is -0.497 e. The number of aromatic amines is 1. The van der Waals surface area contributed by atoms with Crippen molar-refractivity contribution in [2.24, 2.45) is 0 Å². The Morgan fingerprint density at radius 2 is 1.53 bits per heavy atom. The highest BCUT2D eigenvalue weighted by molar-refractivity contribution is 6.05. The highest BCUT2D eigenvalue weighted by atomic mass is 16.5. The van der Waals surface area contributed by atoms with E-state index >= 15 is 0 Å². The zero-order valence-corrected chi connectivity index (χ0v) is 17.8. The first kappa shape index (κ1) is 21.1. The number of nitrogens with one attached hydrogen (secondary N) is 3. The van der Waals surface area contributed by atoms with Gasteiger partial charge >= 0.3 is 0 Å². The highest BCUT2D eigenvalue weighted by Crippen LogP contribution is 2.24. The van der Waals surface area contributed by atoms with Gasteiger partial charge < -0.3 is 15.4 Å². The first-order valence-corrected chi connectivity index (χ1v) is 10.3. The molecule has 4 aromatic rings. The lowest BCUT2D eigenvalue weighted by Gasteiger charge is -2.22. The van der Waals surface area contributed by atoms with Crippen LogP contribution in [0.1, 0.15) is 34.6 Å². The van der Waals surface area contributed by atoms with E-state index in [1.807, 2.05) is 78.9 Å². The summed E-state index contributed by atoms with van der Waals surface area (Å²) in [5.74, 6) is 0.0208. The Morgan fingerprint density at radius 3 is 2.25 bits per heavy atom. The van der Waals surface area contributed by atoms with Crippen molar-refractivity contribution in [3.8, 4) is 5.75 Å². The van der Waals surface area contributed by atoms with Crippen LogP contribution in [0.15, 0.2) is 78.9 Å². The second-order valence-electron chi connectivity index (χ2n) is 7.44. The molecule has 162 valence electrons. The number of hydrogen-bond donors (Lipinski definition) is 3. The summed E-state index contributed by atoms with van der Waals surface area (Å²) in [6, 6.07) is 23.4. The van der Waals surface area contributed by atoms with E-state index in [0.29, 0.717) is 5.39 Å². The molecule has 0 aliphatic rings. The smallest absolute Gasteiger partial charge is 0.273 e. The summed E-state index contributed by atoms with van der Waals surface area (Å²) in [5.41, 5.74) is 2.86. The molecule has 7 heteroatoms. The van der Waals surface area contributed by atoms with Crippen LogP contribution < -0.4 is 15.4 Å². The molecule has 0 bridgehead atoms. The minimum atomic E-state index is -0.762. The molecule has 0 saturated carbocycles. The van der Waals surface area contributed by atoms with Crippen molar-refractivity contribution >= 4 is 22.7 Å². The Labute approximate surface area is 185 Å². The van der Waals surface area contributed by atoms with Gasteiger partial charge in [-0.1, -0.05) is 60.7 Å². The zero-order valence-electron chi connectivity index (χ0n) is 17.8. The standard InChI is InChI=1S/C25H24N4O3/c1-16(26-25(31)23-20-10-6-7-11-21(20)28-29-23)24(30)27-22(17-8-4-3-5-9-17)18-12-14-19(32-2)15-13-18/h3-16,22H,1-2H3,(H,26,31)(H,27,30)(H,28,29). The SMILES string of the molecule is COc1ccc(C(NC(=O)C(C)NC(=O)c2n[nH]c3ccccc23)c2ccccc2)cc1. The number of H-pyrrole nitrogens is 1. The summed E-state index contributed by atoms with van der Waals surface area (Å²) >= 11 is 0. The van der Waals surface area contributed by atoms with E-state index in [9.17, 15) is 9.59 Å². The van der Waals surface area contributed by atoms with Crippen molar-refractivity contribution in [1.29, 1.82) is 0 Å². The van der Waals surface area contributed by atoms with Crippen LogP contribution in [0.5, 0.6) is 5.75 Å². The molecule has 0 spiro atoms. The van der Waals surface area contributed by atoms with Gasteiger partial charge in [0.2, 0.25) is 5.91 Å². The lowest BCUT2D eigenvalue weighted by Crippen LogP contribution is -2.46. The van der Waals surface area contributed by atoms with E-state index in [1.165, 1.54) is 0 Å². The van der Waals surface area contributed by atoms with Crippen LogP contribution in [0, 0.1) is 0 Å². The average Bonchev–Trinajstić information content (AvgIpc) is 3.27.